The molecule has 4 aliphatic carbocycles. The Labute approximate surface area is 383 Å². The average molecular weight is 825 g/mol. The van der Waals surface area contributed by atoms with Crippen molar-refractivity contribution in [1.29, 1.82) is 0 Å². The molecular formula is C28H12Na4O16S4. The van der Waals surface area contributed by atoms with Gasteiger partial charge in [-0.1, -0.05) is 12.2 Å². The number of hydrogen-bond acceptors (Lipinski definition) is 16. The maximum atomic E-state index is 12.1. The van der Waals surface area contributed by atoms with Crippen LogP contribution < -0.4 is 139 Å². The molecule has 6 rings (SSSR count). The summed E-state index contributed by atoms with van der Waals surface area (Å²) in [6.07, 6.45) is 8.94. The van der Waals surface area contributed by atoms with Crippen molar-refractivity contribution >= 4 is 110 Å². The van der Waals surface area contributed by atoms with E-state index in [1.807, 2.05) is 0 Å². The zero-order valence-corrected chi connectivity index (χ0v) is 38.4. The smallest absolute Gasteiger partial charge is 0.744 e. The van der Waals surface area contributed by atoms with Crippen molar-refractivity contribution in [3.63, 3.8) is 0 Å². The Morgan fingerprint density at radius 3 is 0.962 bits per heavy atom. The zero-order valence-electron chi connectivity index (χ0n) is 27.1. The molecule has 0 amide bonds. The number of benzene rings is 2. The minimum absolute atomic E-state index is 0. The second kappa shape index (κ2) is 17.6. The number of hydrogen-bond donors (Lipinski definition) is 0. The minimum Gasteiger partial charge on any atom is -0.744 e. The zero-order chi connectivity index (χ0) is 35.7. The van der Waals surface area contributed by atoms with E-state index >= 15 is 0 Å². The molecule has 24 heteroatoms. The third-order valence-electron chi connectivity index (χ3n) is 6.92. The standard InChI is InChI=1S/2C14H8O8S2.4Na/c2*15-10-2-1-7-5-11-9(3-8(7)4-10)6-12(23(17,18)19)13(16)14(11)24(20,21)22;;;;/h2*1-6H,(H,17,18,19)(H,20,21,22);;;;/q;;4*+1/p-4. The molecule has 248 valence electrons. The normalized spacial score (nSPS) is 15.8. The van der Waals surface area contributed by atoms with Gasteiger partial charge in [-0.15, -0.1) is 0 Å². The van der Waals surface area contributed by atoms with Gasteiger partial charge in [0, 0.05) is 10.4 Å². The first-order chi connectivity index (χ1) is 22.0. The Balaban J connectivity index is 0.000000483. The molecule has 0 spiro atoms. The number of allylic oxidation sites excluding steroid dienone is 4. The van der Waals surface area contributed by atoms with Gasteiger partial charge in [-0.05, 0) is 93.4 Å². The van der Waals surface area contributed by atoms with E-state index < -0.39 is 71.7 Å². The molecule has 2 aromatic rings. The molecule has 0 unspecified atom stereocenters. The monoisotopic (exact) mass is 824 g/mol. The summed E-state index contributed by atoms with van der Waals surface area (Å²) in [5.41, 5.74) is 0.473. The second-order valence-corrected chi connectivity index (χ2v) is 15.4. The Bertz CT molecular complexity index is 2640. The van der Waals surface area contributed by atoms with Gasteiger partial charge < -0.3 is 18.2 Å². The van der Waals surface area contributed by atoms with E-state index in [0.717, 1.165) is 0 Å². The number of ketones is 4. The van der Waals surface area contributed by atoms with Crippen LogP contribution in [0.1, 0.15) is 22.3 Å². The Kier molecular flexibility index (Phi) is 16.6. The molecule has 0 atom stereocenters. The van der Waals surface area contributed by atoms with Crippen LogP contribution in [-0.4, -0.2) is 75.0 Å². The number of fused-ring (bicyclic) bond motifs is 4. The molecule has 52 heavy (non-hydrogen) atoms. The molecule has 4 aliphatic rings. The SMILES string of the molecule is O=C1C=Cc2cc3c(cc2=C1)C=C(S(=O)(=O)[O-])C(=O)C=3S(=O)(=O)[O-].O=C1C=Cc2cc3c(cc2=C1)C=C(S(=O)(=O)[O-])C(=O)C=3S(=O)(=O)[O-].[Na+].[Na+].[Na+].[Na+]. The van der Waals surface area contributed by atoms with Gasteiger partial charge in [-0.25, -0.2) is 33.7 Å². The van der Waals surface area contributed by atoms with E-state index in [1.165, 1.54) is 60.7 Å². The van der Waals surface area contributed by atoms with Crippen molar-refractivity contribution in [2.24, 2.45) is 0 Å². The molecule has 0 bridgehead atoms. The van der Waals surface area contributed by atoms with Gasteiger partial charge >= 0.3 is 118 Å². The Morgan fingerprint density at radius 2 is 0.692 bits per heavy atom. The summed E-state index contributed by atoms with van der Waals surface area (Å²) in [6, 6.07) is 4.82. The third-order valence-corrected chi connectivity index (χ3v) is 10.4. The molecule has 0 heterocycles. The molecule has 0 aromatic heterocycles. The molecule has 0 aliphatic heterocycles. The summed E-state index contributed by atoms with van der Waals surface area (Å²) in [4.78, 5) is 41.6. The van der Waals surface area contributed by atoms with Crippen LogP contribution >= 0.6 is 0 Å². The van der Waals surface area contributed by atoms with Crippen LogP contribution in [0.4, 0.5) is 0 Å². The maximum absolute atomic E-state index is 12.1. The Hall–Kier alpha value is -0.800. The van der Waals surface area contributed by atoms with Crippen molar-refractivity contribution in [3.05, 3.63) is 89.4 Å². The van der Waals surface area contributed by atoms with Crippen LogP contribution in [0.15, 0.2) is 46.2 Å². The number of carbonyl (C=O) groups excluding carboxylic acids is 4. The van der Waals surface area contributed by atoms with Crippen molar-refractivity contribution in [2.75, 3.05) is 0 Å². The molecule has 0 saturated heterocycles. The van der Waals surface area contributed by atoms with Crippen molar-refractivity contribution in [2.45, 2.75) is 0 Å². The van der Waals surface area contributed by atoms with Crippen LogP contribution in [-0.2, 0) is 59.7 Å². The van der Waals surface area contributed by atoms with Crippen LogP contribution in [0.2, 0.25) is 0 Å². The quantitative estimate of drug-likeness (QED) is 0.204. The Morgan fingerprint density at radius 1 is 0.385 bits per heavy atom. The molecule has 16 nitrogen and oxygen atoms in total. The van der Waals surface area contributed by atoms with Gasteiger partial charge in [0.1, 0.15) is 60.1 Å². The summed E-state index contributed by atoms with van der Waals surface area (Å²) in [5, 5.41) is 0.0383. The van der Waals surface area contributed by atoms with Crippen LogP contribution in [0.5, 0.6) is 0 Å². The number of carbonyl (C=O) groups is 4. The van der Waals surface area contributed by atoms with E-state index in [0.29, 0.717) is 33.7 Å². The number of Topliss-reactive ketones (excluding diaryl/α,β-unsaturated/α-hetero) is 2. The summed E-state index contributed by atoms with van der Waals surface area (Å²) in [7, 11) is -21.3. The van der Waals surface area contributed by atoms with Crippen molar-refractivity contribution in [3.8, 4) is 0 Å². The molecule has 0 N–H and O–H groups in total. The first kappa shape index (κ1) is 49.2. The largest absolute Gasteiger partial charge is 1.00 e. The van der Waals surface area contributed by atoms with E-state index in [4.69, 9.17) is 0 Å². The fourth-order valence-electron chi connectivity index (χ4n) is 4.97. The number of rotatable bonds is 4. The molecule has 0 radical (unpaired) electrons. The maximum Gasteiger partial charge on any atom is 1.00 e. The first-order valence-electron chi connectivity index (χ1n) is 12.6. The summed E-state index contributed by atoms with van der Waals surface area (Å²) in [5.74, 6) is -4.02. The van der Waals surface area contributed by atoms with Gasteiger partial charge in [0.15, 0.2) is 11.6 Å². The van der Waals surface area contributed by atoms with Crippen molar-refractivity contribution in [1.82, 2.24) is 0 Å². The van der Waals surface area contributed by atoms with Gasteiger partial charge in [0.05, 0.1) is 0 Å². The fraction of sp³-hybridized carbons (Fsp3) is 0. The molecule has 2 aromatic carbocycles. The predicted octanol–water partition coefficient (Wildman–Crippen LogP) is -15.6. The third kappa shape index (κ3) is 10.3. The second-order valence-electron chi connectivity index (χ2n) is 10.0. The van der Waals surface area contributed by atoms with Gasteiger partial charge in [0.2, 0.25) is 11.6 Å². The van der Waals surface area contributed by atoms with E-state index in [9.17, 15) is 71.1 Å². The van der Waals surface area contributed by atoms with Crippen LogP contribution in [0.3, 0.4) is 0 Å². The summed E-state index contributed by atoms with van der Waals surface area (Å²) < 4.78 is 136. The van der Waals surface area contributed by atoms with Gasteiger partial charge in [0.25, 0.3) is 0 Å². The first-order valence-corrected chi connectivity index (χ1v) is 18.2. The summed E-state index contributed by atoms with van der Waals surface area (Å²) in [6.45, 7) is 0. The van der Waals surface area contributed by atoms with Gasteiger partial charge in [-0.3, -0.25) is 19.2 Å². The van der Waals surface area contributed by atoms with Crippen LogP contribution in [0, 0.1) is 0 Å². The topological polar surface area (TPSA) is 297 Å². The average Bonchev–Trinajstić information content (AvgIpc) is 2.92. The van der Waals surface area contributed by atoms with E-state index in [-0.39, 0.29) is 151 Å². The molecular weight excluding hydrogens is 813 g/mol. The molecule has 0 fully saturated rings. The summed E-state index contributed by atoms with van der Waals surface area (Å²) >= 11 is 0. The molecule has 0 saturated carbocycles. The predicted molar refractivity (Wildman–Crippen MR) is 160 cm³/mol. The fourth-order valence-corrected chi connectivity index (χ4v) is 7.87. The van der Waals surface area contributed by atoms with E-state index in [2.05, 4.69) is 0 Å². The van der Waals surface area contributed by atoms with Crippen molar-refractivity contribution < 1.29 is 189 Å². The van der Waals surface area contributed by atoms with Crippen LogP contribution in [0.25, 0.3) is 46.3 Å². The minimum atomic E-state index is -5.35. The van der Waals surface area contributed by atoms with Gasteiger partial charge in [-0.2, -0.15) is 0 Å². The van der Waals surface area contributed by atoms with E-state index in [1.54, 1.807) is 0 Å².